The van der Waals surface area contributed by atoms with Crippen molar-refractivity contribution in [1.82, 2.24) is 9.80 Å². The summed E-state index contributed by atoms with van der Waals surface area (Å²) in [5, 5.41) is 10.2. The summed E-state index contributed by atoms with van der Waals surface area (Å²) >= 11 is 0. The number of nitrogens with zero attached hydrogens (tertiary/aromatic N) is 2. The van der Waals surface area contributed by atoms with Gasteiger partial charge in [0.15, 0.2) is 0 Å². The molecule has 0 unspecified atom stereocenters. The number of carbonyl (C=O) groups is 1. The maximum absolute atomic E-state index is 14.4. The Balaban J connectivity index is 1.62. The number of fused-ring (bicyclic) bond motifs is 1. The van der Waals surface area contributed by atoms with Crippen LogP contribution in [0.15, 0.2) is 47.4 Å². The molecule has 9 nitrogen and oxygen atoms in total. The summed E-state index contributed by atoms with van der Waals surface area (Å²) in [4.78, 5) is 18.6. The fourth-order valence-electron chi connectivity index (χ4n) is 6.57. The zero-order valence-corrected chi connectivity index (χ0v) is 29.2. The third-order valence-electron chi connectivity index (χ3n) is 9.42. The molecule has 256 valence electrons. The van der Waals surface area contributed by atoms with Crippen LogP contribution in [0.1, 0.15) is 88.1 Å². The van der Waals surface area contributed by atoms with Crippen molar-refractivity contribution in [3.05, 3.63) is 53.6 Å². The van der Waals surface area contributed by atoms with Crippen molar-refractivity contribution >= 4 is 21.6 Å². The van der Waals surface area contributed by atoms with Crippen LogP contribution in [-0.2, 0) is 14.8 Å². The van der Waals surface area contributed by atoms with Crippen molar-refractivity contribution in [1.29, 1.82) is 0 Å². The number of hydrogen-bond acceptors (Lipinski definition) is 7. The summed E-state index contributed by atoms with van der Waals surface area (Å²) < 4.78 is 41.9. The quantitative estimate of drug-likeness (QED) is 0.335. The van der Waals surface area contributed by atoms with Crippen LogP contribution in [0.2, 0.25) is 0 Å². The first kappa shape index (κ1) is 36.2. The molecule has 2 aromatic rings. The van der Waals surface area contributed by atoms with Crippen molar-refractivity contribution in [2.75, 3.05) is 44.6 Å². The van der Waals surface area contributed by atoms with Gasteiger partial charge in [-0.25, -0.2) is 8.42 Å². The van der Waals surface area contributed by atoms with E-state index in [1.165, 1.54) is 32.1 Å². The van der Waals surface area contributed by atoms with Crippen molar-refractivity contribution in [3.8, 4) is 5.75 Å². The van der Waals surface area contributed by atoms with Crippen LogP contribution in [0.25, 0.3) is 0 Å². The molecule has 0 bridgehead atoms. The molecule has 0 aromatic heterocycles. The lowest BCUT2D eigenvalue weighted by atomic mass is 9.89. The van der Waals surface area contributed by atoms with Crippen molar-refractivity contribution < 1.29 is 27.8 Å². The molecule has 46 heavy (non-hydrogen) atoms. The number of likely N-dealkylation sites (N-methyl/N-ethyl adjacent to an activating group) is 1. The lowest BCUT2D eigenvalue weighted by molar-refractivity contribution is -0.0190. The first-order valence-corrected chi connectivity index (χ1v) is 18.6. The summed E-state index contributed by atoms with van der Waals surface area (Å²) in [7, 11) is -1.71. The van der Waals surface area contributed by atoms with Gasteiger partial charge in [0.2, 0.25) is 0 Å². The minimum atomic E-state index is -3.88. The molecule has 1 aliphatic heterocycles. The lowest BCUT2D eigenvalue weighted by Crippen LogP contribution is -2.47. The molecule has 0 radical (unpaired) electrons. The standard InChI is InChI=1S/C36H55N3O6S/c1-26-14-17-32(18-15-26)46(42,43)37-31-16-19-34-33(21-31)36(41)39(28(3)25-40)22-27(2)35(44-20-10-9-11-29(4)45-34)24-38(5)23-30-12-7-6-8-13-30/h14-19,21,27-30,35,37,40H,6-13,20,22-25H2,1-5H3/t27-,28-,29+,35-/m1/s1. The van der Waals surface area contributed by atoms with E-state index < -0.39 is 16.1 Å². The van der Waals surface area contributed by atoms with Gasteiger partial charge < -0.3 is 24.4 Å². The van der Waals surface area contributed by atoms with Crippen LogP contribution < -0.4 is 9.46 Å². The minimum absolute atomic E-state index is 0.0128. The Labute approximate surface area is 276 Å². The summed E-state index contributed by atoms with van der Waals surface area (Å²) in [6, 6.07) is 11.0. The molecule has 1 heterocycles. The monoisotopic (exact) mass is 657 g/mol. The number of carbonyl (C=O) groups excluding carboxylic acids is 1. The maximum Gasteiger partial charge on any atom is 0.261 e. The normalized spacial score (nSPS) is 23.3. The third kappa shape index (κ3) is 10.2. The zero-order valence-electron chi connectivity index (χ0n) is 28.4. The Morgan fingerprint density at radius 2 is 1.70 bits per heavy atom. The van der Waals surface area contributed by atoms with Gasteiger partial charge in [0.1, 0.15) is 5.75 Å². The van der Waals surface area contributed by atoms with Gasteiger partial charge in [0.25, 0.3) is 15.9 Å². The van der Waals surface area contributed by atoms with Gasteiger partial charge >= 0.3 is 0 Å². The van der Waals surface area contributed by atoms with Crippen molar-refractivity contribution in [2.45, 2.75) is 102 Å². The molecule has 10 heteroatoms. The van der Waals surface area contributed by atoms with Crippen molar-refractivity contribution in [2.24, 2.45) is 11.8 Å². The van der Waals surface area contributed by atoms with E-state index in [4.69, 9.17) is 9.47 Å². The number of aliphatic hydroxyl groups excluding tert-OH is 1. The van der Waals surface area contributed by atoms with Gasteiger partial charge in [0, 0.05) is 37.8 Å². The fourth-order valence-corrected chi connectivity index (χ4v) is 7.62. The van der Waals surface area contributed by atoms with E-state index in [9.17, 15) is 18.3 Å². The Kier molecular flexibility index (Phi) is 13.3. The summed E-state index contributed by atoms with van der Waals surface area (Å²) in [5.74, 6) is 0.783. The number of aryl methyl sites for hydroxylation is 1. The highest BCUT2D eigenvalue weighted by Gasteiger charge is 2.31. The number of aliphatic hydroxyl groups is 1. The molecule has 4 rings (SSSR count). The molecule has 4 atom stereocenters. The topological polar surface area (TPSA) is 108 Å². The highest BCUT2D eigenvalue weighted by molar-refractivity contribution is 7.92. The average molecular weight is 658 g/mol. The summed E-state index contributed by atoms with van der Waals surface area (Å²) in [6.07, 6.45) is 8.89. The van der Waals surface area contributed by atoms with Gasteiger partial charge in [-0.3, -0.25) is 9.52 Å². The van der Waals surface area contributed by atoms with Gasteiger partial charge in [-0.05, 0) is 96.2 Å². The number of ether oxygens (including phenoxy) is 2. The van der Waals surface area contributed by atoms with Gasteiger partial charge in [-0.1, -0.05) is 43.9 Å². The molecule has 0 saturated heterocycles. The first-order valence-electron chi connectivity index (χ1n) is 17.1. The van der Waals surface area contributed by atoms with E-state index in [0.717, 1.165) is 43.8 Å². The molecular weight excluding hydrogens is 602 g/mol. The molecule has 2 N–H and O–H groups in total. The molecule has 1 aliphatic carbocycles. The molecule has 2 aliphatic rings. The number of anilines is 1. The van der Waals surface area contributed by atoms with Gasteiger partial charge in [0.05, 0.1) is 35.3 Å². The number of sulfonamides is 1. The molecule has 1 fully saturated rings. The van der Waals surface area contributed by atoms with Crippen LogP contribution in [0.4, 0.5) is 5.69 Å². The van der Waals surface area contributed by atoms with E-state index in [0.29, 0.717) is 18.9 Å². The lowest BCUT2D eigenvalue weighted by Gasteiger charge is -2.36. The second kappa shape index (κ2) is 16.9. The van der Waals surface area contributed by atoms with Gasteiger partial charge in [-0.15, -0.1) is 0 Å². The highest BCUT2D eigenvalue weighted by atomic mass is 32.2. The first-order chi connectivity index (χ1) is 22.0. The Morgan fingerprint density at radius 3 is 2.39 bits per heavy atom. The molecule has 1 saturated carbocycles. The van der Waals surface area contributed by atoms with E-state index in [1.54, 1.807) is 47.4 Å². The molecule has 1 amide bonds. The minimum Gasteiger partial charge on any atom is -0.490 e. The summed E-state index contributed by atoms with van der Waals surface area (Å²) in [5.41, 5.74) is 1.48. The van der Waals surface area contributed by atoms with E-state index >= 15 is 0 Å². The Hall–Kier alpha value is -2.66. The SMILES string of the molecule is Cc1ccc(S(=O)(=O)Nc2ccc3c(c2)C(=O)N([C@H](C)CO)C[C@@H](C)[C@@H](CN(C)CC2CCCCC2)OCCCC[C@H](C)O3)cc1. The van der Waals surface area contributed by atoms with E-state index in [-0.39, 0.29) is 46.8 Å². The van der Waals surface area contributed by atoms with E-state index in [1.807, 2.05) is 20.8 Å². The number of amides is 1. The number of benzene rings is 2. The predicted octanol–water partition coefficient (Wildman–Crippen LogP) is 6.10. The zero-order chi connectivity index (χ0) is 33.3. The Morgan fingerprint density at radius 1 is 1.00 bits per heavy atom. The van der Waals surface area contributed by atoms with Crippen LogP contribution in [-0.4, -0.2) is 87.4 Å². The average Bonchev–Trinajstić information content (AvgIpc) is 3.03. The Bertz CT molecular complexity index is 1360. The smallest absolute Gasteiger partial charge is 0.261 e. The van der Waals surface area contributed by atoms with Crippen molar-refractivity contribution in [3.63, 3.8) is 0 Å². The van der Waals surface area contributed by atoms with Crippen LogP contribution >= 0.6 is 0 Å². The highest BCUT2D eigenvalue weighted by Crippen LogP contribution is 2.30. The predicted molar refractivity (Wildman–Crippen MR) is 183 cm³/mol. The maximum atomic E-state index is 14.4. The van der Waals surface area contributed by atoms with Gasteiger partial charge in [-0.2, -0.15) is 0 Å². The number of nitrogens with one attached hydrogen (secondary N) is 1. The van der Waals surface area contributed by atoms with Crippen LogP contribution in [0.5, 0.6) is 5.75 Å². The fraction of sp³-hybridized carbons (Fsp3) is 0.639. The largest absolute Gasteiger partial charge is 0.490 e. The van der Waals surface area contributed by atoms with E-state index in [2.05, 4.69) is 23.6 Å². The van der Waals surface area contributed by atoms with Crippen LogP contribution in [0.3, 0.4) is 0 Å². The molecule has 0 spiro atoms. The second-order valence-electron chi connectivity index (χ2n) is 13.7. The van der Waals surface area contributed by atoms with Crippen LogP contribution in [0, 0.1) is 18.8 Å². The number of hydrogen-bond donors (Lipinski definition) is 2. The second-order valence-corrected chi connectivity index (χ2v) is 15.3. The summed E-state index contributed by atoms with van der Waals surface area (Å²) in [6.45, 7) is 10.4. The third-order valence-corrected chi connectivity index (χ3v) is 10.8. The number of rotatable bonds is 9. The molecular formula is C36H55N3O6S. The molecule has 2 aromatic carbocycles.